The molecule has 1 unspecified atom stereocenters. The first-order valence-electron chi connectivity index (χ1n) is 7.65. The van der Waals surface area contributed by atoms with Crippen LogP contribution in [0.1, 0.15) is 43.5 Å². The lowest BCUT2D eigenvalue weighted by Crippen LogP contribution is -2.49. The van der Waals surface area contributed by atoms with Crippen molar-refractivity contribution in [3.05, 3.63) is 23.9 Å². The maximum Gasteiger partial charge on any atom is 0.303 e. The number of aromatic nitrogens is 1. The highest BCUT2D eigenvalue weighted by Gasteiger charge is 2.36. The van der Waals surface area contributed by atoms with Gasteiger partial charge in [0.1, 0.15) is 0 Å². The lowest BCUT2D eigenvalue weighted by Gasteiger charge is -2.28. The Bertz CT molecular complexity index is 550. The molecule has 2 heterocycles. The van der Waals surface area contributed by atoms with Crippen molar-refractivity contribution in [1.82, 2.24) is 10.3 Å². The number of rotatable bonds is 7. The monoisotopic (exact) mass is 322 g/mol. The van der Waals surface area contributed by atoms with Gasteiger partial charge in [-0.05, 0) is 32.8 Å². The highest BCUT2D eigenvalue weighted by molar-refractivity contribution is 5.94. The molecule has 1 atom stereocenters. The summed E-state index contributed by atoms with van der Waals surface area (Å²) in [7, 11) is 0. The van der Waals surface area contributed by atoms with Crippen LogP contribution in [0.25, 0.3) is 0 Å². The Kier molecular flexibility index (Phi) is 5.54. The quantitative estimate of drug-likeness (QED) is 0.791. The van der Waals surface area contributed by atoms with Crippen molar-refractivity contribution in [2.75, 3.05) is 13.2 Å². The Morgan fingerprint density at radius 2 is 2.26 bits per heavy atom. The third-order valence-electron chi connectivity index (χ3n) is 3.65. The number of carbonyl (C=O) groups is 2. The van der Waals surface area contributed by atoms with Gasteiger partial charge in [-0.25, -0.2) is 4.98 Å². The van der Waals surface area contributed by atoms with Gasteiger partial charge in [-0.15, -0.1) is 0 Å². The molecule has 2 N–H and O–H groups in total. The summed E-state index contributed by atoms with van der Waals surface area (Å²) in [6.45, 7) is 4.64. The third-order valence-corrected chi connectivity index (χ3v) is 3.65. The molecule has 7 nitrogen and oxygen atoms in total. The zero-order chi connectivity index (χ0) is 16.9. The molecular formula is C16H22N2O5. The highest BCUT2D eigenvalue weighted by Crippen LogP contribution is 2.25. The fraction of sp³-hybridized carbons (Fsp3) is 0.562. The predicted octanol–water partition coefficient (Wildman–Crippen LogP) is 1.62. The number of carbonyl (C=O) groups excluding carboxylic acids is 1. The van der Waals surface area contributed by atoms with Gasteiger partial charge in [-0.2, -0.15) is 0 Å². The molecule has 7 heteroatoms. The molecule has 1 aromatic rings. The second kappa shape index (κ2) is 7.41. The van der Waals surface area contributed by atoms with Crippen molar-refractivity contribution in [3.63, 3.8) is 0 Å². The molecule has 1 fully saturated rings. The molecule has 1 saturated heterocycles. The second-order valence-corrected chi connectivity index (χ2v) is 5.98. The summed E-state index contributed by atoms with van der Waals surface area (Å²) < 4.78 is 10.8. The molecule has 0 bridgehead atoms. The van der Waals surface area contributed by atoms with Crippen molar-refractivity contribution in [2.45, 2.75) is 44.8 Å². The number of ether oxygens (including phenoxy) is 2. The molecule has 1 aliphatic rings. The van der Waals surface area contributed by atoms with E-state index >= 15 is 0 Å². The first kappa shape index (κ1) is 17.2. The molecule has 1 amide bonds. The molecule has 126 valence electrons. The smallest absolute Gasteiger partial charge is 0.303 e. The minimum atomic E-state index is -0.887. The first-order chi connectivity index (χ1) is 10.9. The van der Waals surface area contributed by atoms with E-state index in [0.29, 0.717) is 37.5 Å². The molecule has 0 aromatic carbocycles. The lowest BCUT2D eigenvalue weighted by molar-refractivity contribution is -0.137. The number of hydrogen-bond acceptors (Lipinski definition) is 5. The normalized spacial score (nSPS) is 20.5. The maximum atomic E-state index is 12.4. The molecule has 0 aliphatic carbocycles. The summed E-state index contributed by atoms with van der Waals surface area (Å²) in [5.41, 5.74) is -0.217. The van der Waals surface area contributed by atoms with Gasteiger partial charge in [0.2, 0.25) is 5.88 Å². The summed E-state index contributed by atoms with van der Waals surface area (Å²) in [5, 5.41) is 11.8. The van der Waals surface area contributed by atoms with Crippen LogP contribution in [0.5, 0.6) is 5.88 Å². The predicted molar refractivity (Wildman–Crippen MR) is 82.5 cm³/mol. The van der Waals surface area contributed by atoms with Gasteiger partial charge in [-0.3, -0.25) is 9.59 Å². The topological polar surface area (TPSA) is 97.8 Å². The van der Waals surface area contributed by atoms with Gasteiger partial charge in [0.15, 0.2) is 0 Å². The van der Waals surface area contributed by atoms with Crippen LogP contribution >= 0.6 is 0 Å². The Balaban J connectivity index is 2.02. The van der Waals surface area contributed by atoms with E-state index in [1.165, 1.54) is 6.20 Å². The van der Waals surface area contributed by atoms with Gasteiger partial charge in [0.25, 0.3) is 5.91 Å². The van der Waals surface area contributed by atoms with Crippen LogP contribution in [0.4, 0.5) is 0 Å². The van der Waals surface area contributed by atoms with E-state index in [1.807, 2.05) is 13.8 Å². The molecule has 1 aromatic heterocycles. The standard InChI is InChI=1S/C16H22N2O5/c1-11(2)23-13-4-3-12(9-17-13)15(21)18-16(6-5-14(19)20)7-8-22-10-16/h3-4,9,11H,5-8,10H2,1-2H3,(H,18,21)(H,19,20). The van der Waals surface area contributed by atoms with Crippen molar-refractivity contribution in [3.8, 4) is 5.88 Å². The fourth-order valence-electron chi connectivity index (χ4n) is 2.45. The van der Waals surface area contributed by atoms with Crippen LogP contribution in [-0.4, -0.2) is 46.8 Å². The van der Waals surface area contributed by atoms with Gasteiger partial charge < -0.3 is 19.9 Å². The van der Waals surface area contributed by atoms with Gasteiger partial charge in [-0.1, -0.05) is 0 Å². The Morgan fingerprint density at radius 3 is 2.78 bits per heavy atom. The van der Waals surface area contributed by atoms with E-state index in [2.05, 4.69) is 10.3 Å². The molecule has 0 saturated carbocycles. The van der Waals surface area contributed by atoms with E-state index < -0.39 is 11.5 Å². The largest absolute Gasteiger partial charge is 0.481 e. The van der Waals surface area contributed by atoms with E-state index in [9.17, 15) is 9.59 Å². The van der Waals surface area contributed by atoms with Crippen molar-refractivity contribution >= 4 is 11.9 Å². The number of hydrogen-bond donors (Lipinski definition) is 2. The lowest BCUT2D eigenvalue weighted by atomic mass is 9.92. The zero-order valence-electron chi connectivity index (χ0n) is 13.4. The van der Waals surface area contributed by atoms with E-state index in [4.69, 9.17) is 14.6 Å². The van der Waals surface area contributed by atoms with Gasteiger partial charge >= 0.3 is 5.97 Å². The first-order valence-corrected chi connectivity index (χ1v) is 7.65. The summed E-state index contributed by atoms with van der Waals surface area (Å²) >= 11 is 0. The molecule has 0 radical (unpaired) electrons. The van der Waals surface area contributed by atoms with Crippen LogP contribution in [0, 0.1) is 0 Å². The van der Waals surface area contributed by atoms with Crippen molar-refractivity contribution in [2.24, 2.45) is 0 Å². The maximum absolute atomic E-state index is 12.4. The third kappa shape index (κ3) is 4.92. The Hall–Kier alpha value is -2.15. The highest BCUT2D eigenvalue weighted by atomic mass is 16.5. The average molecular weight is 322 g/mol. The molecule has 0 spiro atoms. The molecule has 23 heavy (non-hydrogen) atoms. The van der Waals surface area contributed by atoms with Crippen LogP contribution in [-0.2, 0) is 9.53 Å². The number of nitrogens with zero attached hydrogens (tertiary/aromatic N) is 1. The average Bonchev–Trinajstić information content (AvgIpc) is 2.94. The number of pyridine rings is 1. The Morgan fingerprint density at radius 1 is 1.48 bits per heavy atom. The van der Waals surface area contributed by atoms with E-state index in [1.54, 1.807) is 12.1 Å². The molecule has 1 aliphatic heterocycles. The van der Waals surface area contributed by atoms with E-state index in [-0.39, 0.29) is 18.4 Å². The second-order valence-electron chi connectivity index (χ2n) is 5.98. The molecular weight excluding hydrogens is 300 g/mol. The van der Waals surface area contributed by atoms with Crippen molar-refractivity contribution in [1.29, 1.82) is 0 Å². The number of carboxylic acids is 1. The molecule has 2 rings (SSSR count). The summed E-state index contributed by atoms with van der Waals surface area (Å²) in [4.78, 5) is 27.3. The number of carboxylic acid groups (broad SMARTS) is 1. The van der Waals surface area contributed by atoms with E-state index in [0.717, 1.165) is 0 Å². The summed E-state index contributed by atoms with van der Waals surface area (Å²) in [6, 6.07) is 3.28. The Labute approximate surface area is 135 Å². The number of nitrogens with one attached hydrogen (secondary N) is 1. The SMILES string of the molecule is CC(C)Oc1ccc(C(=O)NC2(CCC(=O)O)CCOC2)cn1. The minimum absolute atomic E-state index is 0.0109. The van der Waals surface area contributed by atoms with Crippen LogP contribution < -0.4 is 10.1 Å². The van der Waals surface area contributed by atoms with Crippen LogP contribution in [0.3, 0.4) is 0 Å². The van der Waals surface area contributed by atoms with Crippen LogP contribution in [0.15, 0.2) is 18.3 Å². The number of amides is 1. The summed E-state index contributed by atoms with van der Waals surface area (Å²) in [6.07, 6.45) is 2.40. The van der Waals surface area contributed by atoms with Gasteiger partial charge in [0.05, 0.1) is 23.8 Å². The van der Waals surface area contributed by atoms with Gasteiger partial charge in [0, 0.05) is 25.3 Å². The summed E-state index contributed by atoms with van der Waals surface area (Å²) in [5.74, 6) is -0.715. The number of aliphatic carboxylic acids is 1. The minimum Gasteiger partial charge on any atom is -0.481 e. The fourth-order valence-corrected chi connectivity index (χ4v) is 2.45. The van der Waals surface area contributed by atoms with Crippen LogP contribution in [0.2, 0.25) is 0 Å². The zero-order valence-corrected chi connectivity index (χ0v) is 13.4. The van der Waals surface area contributed by atoms with Crippen molar-refractivity contribution < 1.29 is 24.2 Å².